The number of nitrogens with one attached hydrogen (secondary N) is 1. The number of hydrogen-bond acceptors (Lipinski definition) is 4. The van der Waals surface area contributed by atoms with E-state index < -0.39 is 9.84 Å². The van der Waals surface area contributed by atoms with Gasteiger partial charge in [-0.05, 0) is 32.4 Å². The van der Waals surface area contributed by atoms with E-state index in [1.54, 1.807) is 0 Å². The molecule has 0 spiro atoms. The highest BCUT2D eigenvalue weighted by atomic mass is 32.2. The molecule has 2 heterocycles. The zero-order chi connectivity index (χ0) is 12.5. The molecule has 1 N–H and O–H groups in total. The summed E-state index contributed by atoms with van der Waals surface area (Å²) < 4.78 is 22.7. The fourth-order valence-corrected chi connectivity index (χ4v) is 4.47. The summed E-state index contributed by atoms with van der Waals surface area (Å²) in [5, 5.41) is 3.12. The minimum atomic E-state index is -2.95. The zero-order valence-electron chi connectivity index (χ0n) is 10.2. The van der Waals surface area contributed by atoms with Crippen LogP contribution in [0.1, 0.15) is 12.8 Å². The number of nitrogens with zero attached hydrogens (tertiary/aromatic N) is 1. The summed E-state index contributed by atoms with van der Waals surface area (Å²) >= 11 is 0. The third-order valence-corrected chi connectivity index (χ3v) is 5.44. The van der Waals surface area contributed by atoms with Crippen molar-refractivity contribution in [3.8, 4) is 0 Å². The van der Waals surface area contributed by atoms with Gasteiger partial charge in [-0.25, -0.2) is 8.42 Å². The van der Waals surface area contributed by atoms with Gasteiger partial charge in [-0.3, -0.25) is 4.79 Å². The van der Waals surface area contributed by atoms with Gasteiger partial charge >= 0.3 is 0 Å². The molecule has 2 saturated heterocycles. The van der Waals surface area contributed by atoms with Crippen LogP contribution in [-0.4, -0.2) is 57.4 Å². The number of likely N-dealkylation sites (tertiary alicyclic amines) is 1. The van der Waals surface area contributed by atoms with Crippen LogP contribution in [0.15, 0.2) is 0 Å². The summed E-state index contributed by atoms with van der Waals surface area (Å²) in [4.78, 5) is 14.0. The number of carbonyl (C=O) groups excluding carboxylic acids is 1. The quantitative estimate of drug-likeness (QED) is 0.742. The van der Waals surface area contributed by atoms with Gasteiger partial charge in [0.25, 0.3) is 0 Å². The minimum absolute atomic E-state index is 0.0460. The van der Waals surface area contributed by atoms with Crippen LogP contribution in [0.3, 0.4) is 0 Å². The van der Waals surface area contributed by atoms with Crippen molar-refractivity contribution in [2.75, 3.05) is 38.2 Å². The summed E-state index contributed by atoms with van der Waals surface area (Å²) in [7, 11) is -1.04. The van der Waals surface area contributed by atoms with Crippen molar-refractivity contribution in [2.24, 2.45) is 11.8 Å². The van der Waals surface area contributed by atoms with E-state index in [9.17, 15) is 13.2 Å². The zero-order valence-corrected chi connectivity index (χ0v) is 11.0. The van der Waals surface area contributed by atoms with Gasteiger partial charge in [-0.1, -0.05) is 0 Å². The second-order valence-electron chi connectivity index (χ2n) is 5.10. The molecule has 0 aliphatic carbocycles. The molecule has 5 nitrogen and oxygen atoms in total. The molecular formula is C11H20N2O3S. The number of rotatable bonds is 3. The maximum absolute atomic E-state index is 12.1. The third kappa shape index (κ3) is 2.98. The second-order valence-corrected chi connectivity index (χ2v) is 7.33. The molecule has 0 saturated carbocycles. The van der Waals surface area contributed by atoms with E-state index in [4.69, 9.17) is 0 Å². The molecule has 2 atom stereocenters. The summed E-state index contributed by atoms with van der Waals surface area (Å²) in [6, 6.07) is 0. The summed E-state index contributed by atoms with van der Waals surface area (Å²) in [5.41, 5.74) is 0. The van der Waals surface area contributed by atoms with E-state index in [0.29, 0.717) is 12.3 Å². The lowest BCUT2D eigenvalue weighted by Gasteiger charge is -2.19. The van der Waals surface area contributed by atoms with Gasteiger partial charge in [0.2, 0.25) is 5.91 Å². The number of carbonyl (C=O) groups is 1. The van der Waals surface area contributed by atoms with Crippen molar-refractivity contribution in [3.05, 3.63) is 0 Å². The summed E-state index contributed by atoms with van der Waals surface area (Å²) in [5.74, 6) is 0.510. The maximum atomic E-state index is 12.1. The third-order valence-electron chi connectivity index (χ3n) is 3.67. The topological polar surface area (TPSA) is 66.5 Å². The van der Waals surface area contributed by atoms with Gasteiger partial charge in [0.1, 0.15) is 0 Å². The lowest BCUT2D eigenvalue weighted by Crippen LogP contribution is -2.35. The van der Waals surface area contributed by atoms with Gasteiger partial charge in [0.05, 0.1) is 17.4 Å². The van der Waals surface area contributed by atoms with Crippen molar-refractivity contribution in [2.45, 2.75) is 12.8 Å². The molecule has 2 rings (SSSR count). The lowest BCUT2D eigenvalue weighted by molar-refractivity contribution is -0.133. The Hall–Kier alpha value is -0.620. The Labute approximate surface area is 102 Å². The number of amides is 1. The predicted octanol–water partition coefficient (Wildman–Crippen LogP) is -0.511. The first-order valence-corrected chi connectivity index (χ1v) is 7.98. The highest BCUT2D eigenvalue weighted by Gasteiger charge is 2.37. The van der Waals surface area contributed by atoms with Gasteiger partial charge in [0, 0.05) is 13.1 Å². The van der Waals surface area contributed by atoms with Gasteiger partial charge < -0.3 is 10.2 Å². The van der Waals surface area contributed by atoms with Crippen molar-refractivity contribution < 1.29 is 13.2 Å². The molecule has 98 valence electrons. The monoisotopic (exact) mass is 260 g/mol. The maximum Gasteiger partial charge on any atom is 0.226 e. The molecule has 2 unspecified atom stereocenters. The standard InChI is InChI=1S/C11H20N2O3S/c1-12-6-9-2-4-13(7-9)11(14)10-3-5-17(15,16)8-10/h9-10,12H,2-8H2,1H3. The number of sulfone groups is 1. The second kappa shape index (κ2) is 4.94. The Morgan fingerprint density at radius 2 is 2.18 bits per heavy atom. The van der Waals surface area contributed by atoms with Crippen LogP contribution in [0, 0.1) is 11.8 Å². The lowest BCUT2D eigenvalue weighted by atomic mass is 10.1. The van der Waals surface area contributed by atoms with Crippen LogP contribution < -0.4 is 5.32 Å². The molecule has 6 heteroatoms. The van der Waals surface area contributed by atoms with E-state index in [1.807, 2.05) is 11.9 Å². The first-order valence-electron chi connectivity index (χ1n) is 6.15. The van der Waals surface area contributed by atoms with E-state index >= 15 is 0 Å². The van der Waals surface area contributed by atoms with Crippen LogP contribution in [0.25, 0.3) is 0 Å². The smallest absolute Gasteiger partial charge is 0.226 e. The van der Waals surface area contributed by atoms with Gasteiger partial charge in [-0.15, -0.1) is 0 Å². The molecule has 0 bridgehead atoms. The average molecular weight is 260 g/mol. The van der Waals surface area contributed by atoms with E-state index in [0.717, 1.165) is 26.1 Å². The summed E-state index contributed by atoms with van der Waals surface area (Å²) in [6.45, 7) is 2.48. The van der Waals surface area contributed by atoms with E-state index in [-0.39, 0.29) is 23.3 Å². The van der Waals surface area contributed by atoms with Crippen molar-refractivity contribution >= 4 is 15.7 Å². The van der Waals surface area contributed by atoms with Crippen LogP contribution in [0.5, 0.6) is 0 Å². The van der Waals surface area contributed by atoms with Crippen molar-refractivity contribution in [3.63, 3.8) is 0 Å². The van der Waals surface area contributed by atoms with Crippen LogP contribution >= 0.6 is 0 Å². The Bertz CT molecular complexity index is 394. The molecular weight excluding hydrogens is 240 g/mol. The minimum Gasteiger partial charge on any atom is -0.342 e. The van der Waals surface area contributed by atoms with Gasteiger partial charge in [0.15, 0.2) is 9.84 Å². The molecule has 17 heavy (non-hydrogen) atoms. The highest BCUT2D eigenvalue weighted by Crippen LogP contribution is 2.24. The molecule has 2 aliphatic heterocycles. The fourth-order valence-electron chi connectivity index (χ4n) is 2.74. The highest BCUT2D eigenvalue weighted by molar-refractivity contribution is 7.91. The van der Waals surface area contributed by atoms with Crippen LogP contribution in [-0.2, 0) is 14.6 Å². The van der Waals surface area contributed by atoms with Crippen LogP contribution in [0.2, 0.25) is 0 Å². The average Bonchev–Trinajstić information content (AvgIpc) is 2.85. The summed E-state index contributed by atoms with van der Waals surface area (Å²) in [6.07, 6.45) is 1.53. The Kier molecular flexibility index (Phi) is 3.73. The first-order chi connectivity index (χ1) is 8.02. The Morgan fingerprint density at radius 1 is 1.41 bits per heavy atom. The van der Waals surface area contributed by atoms with Crippen molar-refractivity contribution in [1.29, 1.82) is 0 Å². The molecule has 2 aliphatic rings. The van der Waals surface area contributed by atoms with E-state index in [1.165, 1.54) is 0 Å². The SMILES string of the molecule is CNCC1CCN(C(=O)C2CCS(=O)(=O)C2)C1. The fraction of sp³-hybridized carbons (Fsp3) is 0.909. The largest absolute Gasteiger partial charge is 0.342 e. The number of hydrogen-bond donors (Lipinski definition) is 1. The predicted molar refractivity (Wildman–Crippen MR) is 65.4 cm³/mol. The van der Waals surface area contributed by atoms with E-state index in [2.05, 4.69) is 5.32 Å². The molecule has 2 fully saturated rings. The Morgan fingerprint density at radius 3 is 2.76 bits per heavy atom. The molecule has 1 amide bonds. The molecule has 0 aromatic carbocycles. The molecule has 0 radical (unpaired) electrons. The normalized spacial score (nSPS) is 31.9. The molecule has 0 aromatic heterocycles. The van der Waals surface area contributed by atoms with Crippen LogP contribution in [0.4, 0.5) is 0 Å². The van der Waals surface area contributed by atoms with Gasteiger partial charge in [-0.2, -0.15) is 0 Å². The van der Waals surface area contributed by atoms with Crippen molar-refractivity contribution in [1.82, 2.24) is 10.2 Å². The first kappa shape index (κ1) is 12.8. The Balaban J connectivity index is 1.90. The molecule has 0 aromatic rings.